The van der Waals surface area contributed by atoms with Gasteiger partial charge >= 0.3 is 0 Å². The highest BCUT2D eigenvalue weighted by molar-refractivity contribution is 7.19. The first-order chi connectivity index (χ1) is 5.41. The van der Waals surface area contributed by atoms with Crippen molar-refractivity contribution in [2.24, 2.45) is 0 Å². The van der Waals surface area contributed by atoms with Gasteiger partial charge in [-0.2, -0.15) is 11.1 Å². The summed E-state index contributed by atoms with van der Waals surface area (Å²) < 4.78 is 1.24. The molecule has 0 saturated carbocycles. The Bertz CT molecular complexity index is 150. The largest absolute Gasteiger partial charge is 1.00 e. The average molecular weight is 242 g/mol. The molecule has 4 heteroatoms. The number of halogens is 2. The predicted octanol–water partition coefficient (Wildman–Crippen LogP) is -0.396. The highest BCUT2D eigenvalue weighted by Crippen LogP contribution is 2.21. The maximum atomic E-state index is 6.38. The van der Waals surface area contributed by atoms with Crippen LogP contribution in [-0.2, 0) is 0 Å². The molecule has 1 heterocycles. The molecule has 80 valence electrons. The number of rotatable bonds is 2. The SMILES string of the molecule is C[N+]1(C[Si](C)(C)Cl)CCCCC1.[Cl-]. The van der Waals surface area contributed by atoms with Crippen LogP contribution >= 0.6 is 11.1 Å². The standard InChI is InChI=1S/C9H21ClNSi.ClH/c1-11(9-12(2,3)10)7-5-4-6-8-11;/h4-9H2,1-3H3;1H/q+1;/p-1. The van der Waals surface area contributed by atoms with Gasteiger partial charge in [-0.3, -0.25) is 0 Å². The van der Waals surface area contributed by atoms with E-state index >= 15 is 0 Å². The average Bonchev–Trinajstić information content (AvgIpc) is 1.83. The third kappa shape index (κ3) is 5.26. The van der Waals surface area contributed by atoms with Gasteiger partial charge < -0.3 is 16.9 Å². The van der Waals surface area contributed by atoms with Crippen molar-refractivity contribution in [3.8, 4) is 0 Å². The first-order valence-corrected chi connectivity index (χ1v) is 9.16. The van der Waals surface area contributed by atoms with Crippen molar-refractivity contribution in [1.82, 2.24) is 0 Å². The van der Waals surface area contributed by atoms with E-state index < -0.39 is 7.38 Å². The fraction of sp³-hybridized carbons (Fsp3) is 1.00. The van der Waals surface area contributed by atoms with Crippen LogP contribution in [0.25, 0.3) is 0 Å². The summed E-state index contributed by atoms with van der Waals surface area (Å²) in [6.07, 6.45) is 5.47. The number of hydrogen-bond acceptors (Lipinski definition) is 0. The van der Waals surface area contributed by atoms with Crippen molar-refractivity contribution < 1.29 is 16.9 Å². The Morgan fingerprint density at radius 1 is 1.15 bits per heavy atom. The van der Waals surface area contributed by atoms with Crippen molar-refractivity contribution in [1.29, 1.82) is 0 Å². The molecule has 1 aliphatic rings. The van der Waals surface area contributed by atoms with Crippen LogP contribution < -0.4 is 12.4 Å². The third-order valence-electron chi connectivity index (χ3n) is 2.65. The number of piperidine rings is 1. The van der Waals surface area contributed by atoms with E-state index in [0.717, 1.165) is 0 Å². The molecule has 1 fully saturated rings. The fourth-order valence-corrected chi connectivity index (χ4v) is 5.34. The Morgan fingerprint density at radius 3 is 2.00 bits per heavy atom. The normalized spacial score (nSPS) is 22.2. The van der Waals surface area contributed by atoms with Crippen LogP contribution in [0.1, 0.15) is 19.3 Å². The van der Waals surface area contributed by atoms with Gasteiger partial charge in [-0.25, -0.2) is 0 Å². The lowest BCUT2D eigenvalue weighted by Gasteiger charge is -2.40. The number of likely N-dealkylation sites (tertiary alicyclic amines) is 1. The molecule has 0 aromatic heterocycles. The lowest BCUT2D eigenvalue weighted by molar-refractivity contribution is -0.904. The maximum absolute atomic E-state index is 6.38. The minimum atomic E-state index is -1.37. The molecule has 0 aliphatic carbocycles. The molecule has 0 N–H and O–H groups in total. The van der Waals surface area contributed by atoms with Crippen molar-refractivity contribution >= 4 is 18.5 Å². The first kappa shape index (κ1) is 13.8. The van der Waals surface area contributed by atoms with Crippen molar-refractivity contribution in [3.05, 3.63) is 0 Å². The number of hydrogen-bond donors (Lipinski definition) is 0. The van der Waals surface area contributed by atoms with E-state index in [1.807, 2.05) is 0 Å². The molecule has 0 aromatic rings. The van der Waals surface area contributed by atoms with Crippen LogP contribution in [0.2, 0.25) is 13.1 Å². The van der Waals surface area contributed by atoms with Crippen LogP contribution in [0.3, 0.4) is 0 Å². The quantitative estimate of drug-likeness (QED) is 0.351. The van der Waals surface area contributed by atoms with Gasteiger partial charge in [0.05, 0.1) is 26.3 Å². The van der Waals surface area contributed by atoms with Gasteiger partial charge in [0.25, 0.3) is 0 Å². The van der Waals surface area contributed by atoms with E-state index in [1.165, 1.54) is 43.0 Å². The van der Waals surface area contributed by atoms with Gasteiger partial charge in [-0.1, -0.05) is 13.1 Å². The Kier molecular flexibility index (Phi) is 5.30. The smallest absolute Gasteiger partial charge is 0.211 e. The lowest BCUT2D eigenvalue weighted by Crippen LogP contribution is -3.00. The second-order valence-electron chi connectivity index (χ2n) is 5.00. The molecule has 1 saturated heterocycles. The monoisotopic (exact) mass is 241 g/mol. The molecule has 0 amide bonds. The summed E-state index contributed by atoms with van der Waals surface area (Å²) in [7, 11) is 0.999. The molecular weight excluding hydrogens is 221 g/mol. The molecule has 0 spiro atoms. The summed E-state index contributed by atoms with van der Waals surface area (Å²) in [5, 5.41) is 0. The van der Waals surface area contributed by atoms with E-state index in [1.54, 1.807) is 0 Å². The predicted molar refractivity (Wildman–Crippen MR) is 58.0 cm³/mol. The molecule has 0 atom stereocenters. The molecule has 0 unspecified atom stereocenters. The van der Waals surface area contributed by atoms with Gasteiger partial charge in [-0.15, -0.1) is 0 Å². The summed E-state index contributed by atoms with van der Waals surface area (Å²) in [5.74, 6) is 0. The summed E-state index contributed by atoms with van der Waals surface area (Å²) in [6, 6.07) is 0. The van der Waals surface area contributed by atoms with Gasteiger partial charge in [0, 0.05) is 0 Å². The van der Waals surface area contributed by atoms with Gasteiger partial charge in [0.15, 0.2) is 0 Å². The van der Waals surface area contributed by atoms with Crippen molar-refractivity contribution in [2.45, 2.75) is 32.4 Å². The highest BCUT2D eigenvalue weighted by atomic mass is 35.6. The van der Waals surface area contributed by atoms with Gasteiger partial charge in [0.1, 0.15) is 0 Å². The van der Waals surface area contributed by atoms with Crippen LogP contribution in [0.4, 0.5) is 0 Å². The zero-order valence-corrected chi connectivity index (χ0v) is 11.5. The molecule has 0 aromatic carbocycles. The Morgan fingerprint density at radius 2 is 1.62 bits per heavy atom. The zero-order chi connectivity index (χ0) is 9.24. The number of quaternary nitrogens is 1. The second kappa shape index (κ2) is 5.01. The molecular formula is C9H21Cl2NSi. The minimum Gasteiger partial charge on any atom is -1.00 e. The lowest BCUT2D eigenvalue weighted by atomic mass is 10.1. The molecule has 0 bridgehead atoms. The molecule has 13 heavy (non-hydrogen) atoms. The highest BCUT2D eigenvalue weighted by Gasteiger charge is 2.33. The van der Waals surface area contributed by atoms with Crippen LogP contribution in [0.5, 0.6) is 0 Å². The van der Waals surface area contributed by atoms with Crippen molar-refractivity contribution in [3.63, 3.8) is 0 Å². The van der Waals surface area contributed by atoms with Crippen LogP contribution in [0, 0.1) is 0 Å². The molecule has 1 aliphatic heterocycles. The van der Waals surface area contributed by atoms with E-state index in [2.05, 4.69) is 20.1 Å². The van der Waals surface area contributed by atoms with E-state index in [4.69, 9.17) is 11.1 Å². The van der Waals surface area contributed by atoms with Gasteiger partial charge in [-0.05, 0) is 19.3 Å². The summed E-state index contributed by atoms with van der Waals surface area (Å²) in [6.45, 7) is 7.21. The van der Waals surface area contributed by atoms with Gasteiger partial charge in [0.2, 0.25) is 7.38 Å². The first-order valence-electron chi connectivity index (χ1n) is 4.94. The third-order valence-corrected chi connectivity index (χ3v) is 4.53. The topological polar surface area (TPSA) is 0 Å². The van der Waals surface area contributed by atoms with Crippen LogP contribution in [-0.4, -0.2) is 38.2 Å². The number of nitrogens with zero attached hydrogens (tertiary/aromatic N) is 1. The molecule has 1 nitrogen and oxygen atoms in total. The van der Waals surface area contributed by atoms with E-state index in [0.29, 0.717) is 0 Å². The van der Waals surface area contributed by atoms with Crippen molar-refractivity contribution in [2.75, 3.05) is 26.3 Å². The van der Waals surface area contributed by atoms with E-state index in [9.17, 15) is 0 Å². The summed E-state index contributed by atoms with van der Waals surface area (Å²) >= 11 is 6.38. The minimum absolute atomic E-state index is 0. The second-order valence-corrected chi connectivity index (χ2v) is 11.8. The van der Waals surface area contributed by atoms with E-state index in [-0.39, 0.29) is 12.4 Å². The maximum Gasteiger partial charge on any atom is 0.211 e. The van der Waals surface area contributed by atoms with Crippen LogP contribution in [0.15, 0.2) is 0 Å². The summed E-state index contributed by atoms with van der Waals surface area (Å²) in [5.41, 5.74) is 0. The fourth-order valence-electron chi connectivity index (χ4n) is 2.34. The Labute approximate surface area is 94.2 Å². The molecule has 1 rings (SSSR count). The zero-order valence-electron chi connectivity index (χ0n) is 8.95. The Balaban J connectivity index is 0.00000144. The Hall–Kier alpha value is 0.757. The summed E-state index contributed by atoms with van der Waals surface area (Å²) in [4.78, 5) is 0. The molecule has 0 radical (unpaired) electrons.